The lowest BCUT2D eigenvalue weighted by Gasteiger charge is -2.17. The van der Waals surface area contributed by atoms with E-state index in [1.54, 1.807) is 14.0 Å². The molecule has 0 atom stereocenters. The summed E-state index contributed by atoms with van der Waals surface area (Å²) in [5.41, 5.74) is 4.42. The van der Waals surface area contributed by atoms with Crippen LogP contribution in [-0.2, 0) is 11.2 Å². The fourth-order valence-corrected chi connectivity index (χ4v) is 2.86. The Morgan fingerprint density at radius 1 is 1.04 bits per heavy atom. The summed E-state index contributed by atoms with van der Waals surface area (Å²) in [5.74, 6) is 1.16. The van der Waals surface area contributed by atoms with E-state index in [1.165, 1.54) is 6.92 Å². The van der Waals surface area contributed by atoms with Crippen LogP contribution in [-0.4, -0.2) is 25.3 Å². The van der Waals surface area contributed by atoms with Crippen molar-refractivity contribution >= 4 is 11.6 Å². The van der Waals surface area contributed by atoms with Crippen LogP contribution in [0.3, 0.4) is 0 Å². The molecule has 0 heterocycles. The predicted molar refractivity (Wildman–Crippen MR) is 98.7 cm³/mol. The van der Waals surface area contributed by atoms with E-state index in [1.807, 2.05) is 44.2 Å². The molecule has 0 radical (unpaired) electrons. The number of carbonyl (C=O) groups is 2. The third kappa shape index (κ3) is 4.08. The maximum atomic E-state index is 11.8. The molecule has 0 saturated carbocycles. The van der Waals surface area contributed by atoms with Gasteiger partial charge in [0.25, 0.3) is 0 Å². The van der Waals surface area contributed by atoms with Gasteiger partial charge in [-0.1, -0.05) is 37.3 Å². The summed E-state index contributed by atoms with van der Waals surface area (Å²) in [7, 11) is 1.59. The van der Waals surface area contributed by atoms with E-state index in [0.717, 1.165) is 34.2 Å². The molecule has 0 aliphatic rings. The predicted octanol–water partition coefficient (Wildman–Crippen LogP) is 4.40. The summed E-state index contributed by atoms with van der Waals surface area (Å²) in [6.07, 6.45) is 0.759. The smallest absolute Gasteiger partial charge is 0.169 e. The van der Waals surface area contributed by atoms with Crippen LogP contribution in [0.25, 0.3) is 11.1 Å². The molecular weight excluding hydrogens is 316 g/mol. The maximum absolute atomic E-state index is 11.8. The van der Waals surface area contributed by atoms with Crippen LogP contribution in [0, 0.1) is 6.92 Å². The van der Waals surface area contributed by atoms with Crippen LogP contribution >= 0.6 is 0 Å². The fraction of sp³-hybridized carbons (Fsp3) is 0.333. The highest BCUT2D eigenvalue weighted by Gasteiger charge is 2.17. The molecule has 4 heteroatoms. The zero-order valence-corrected chi connectivity index (χ0v) is 15.4. The van der Waals surface area contributed by atoms with Gasteiger partial charge >= 0.3 is 0 Å². The Hall–Kier alpha value is -2.62. The van der Waals surface area contributed by atoms with Crippen molar-refractivity contribution in [3.63, 3.8) is 0 Å². The number of hydrogen-bond donors (Lipinski definition) is 0. The van der Waals surface area contributed by atoms with Gasteiger partial charge in [0.2, 0.25) is 0 Å². The van der Waals surface area contributed by atoms with Crippen LogP contribution in [0.15, 0.2) is 30.3 Å². The van der Waals surface area contributed by atoms with Crippen molar-refractivity contribution in [2.45, 2.75) is 34.1 Å². The molecule has 4 nitrogen and oxygen atoms in total. The molecule has 0 unspecified atom stereocenters. The number of benzene rings is 2. The molecule has 0 spiro atoms. The van der Waals surface area contributed by atoms with Crippen molar-refractivity contribution in [3.8, 4) is 22.6 Å². The molecule has 0 aliphatic heterocycles. The number of aryl methyl sites for hydroxylation is 2. The molecule has 25 heavy (non-hydrogen) atoms. The second-order valence-corrected chi connectivity index (χ2v) is 6.06. The number of ketones is 2. The SMILES string of the molecule is CCc1cc(-c2ccc(C)c(OC)c2OCC(C)=O)ccc1C(C)=O. The fourth-order valence-electron chi connectivity index (χ4n) is 2.86. The summed E-state index contributed by atoms with van der Waals surface area (Å²) in [5, 5.41) is 0. The molecule has 0 N–H and O–H groups in total. The third-order valence-electron chi connectivity index (χ3n) is 4.11. The summed E-state index contributed by atoms with van der Waals surface area (Å²) in [4.78, 5) is 23.1. The average molecular weight is 340 g/mol. The first-order valence-electron chi connectivity index (χ1n) is 8.33. The number of rotatable bonds is 7. The second kappa shape index (κ2) is 7.97. The summed E-state index contributed by atoms with van der Waals surface area (Å²) in [6, 6.07) is 9.66. The van der Waals surface area contributed by atoms with Gasteiger partial charge in [-0.15, -0.1) is 0 Å². The highest BCUT2D eigenvalue weighted by Crippen LogP contribution is 2.41. The Morgan fingerprint density at radius 3 is 2.32 bits per heavy atom. The lowest BCUT2D eigenvalue weighted by Crippen LogP contribution is -2.09. The largest absolute Gasteiger partial charge is 0.493 e. The van der Waals surface area contributed by atoms with Crippen molar-refractivity contribution in [1.29, 1.82) is 0 Å². The molecule has 2 aromatic carbocycles. The Kier molecular flexibility index (Phi) is 5.97. The standard InChI is InChI=1S/C21H24O4/c1-6-16-11-17(8-10-18(16)15(4)23)19-9-7-13(2)20(24-5)21(19)25-12-14(3)22/h7-11H,6,12H2,1-5H3. The molecule has 132 valence electrons. The minimum Gasteiger partial charge on any atom is -0.493 e. The van der Waals surface area contributed by atoms with E-state index in [4.69, 9.17) is 9.47 Å². The van der Waals surface area contributed by atoms with Gasteiger partial charge in [0.05, 0.1) is 7.11 Å². The molecule has 0 fully saturated rings. The Bertz CT molecular complexity index is 806. The van der Waals surface area contributed by atoms with E-state index in [2.05, 4.69) is 0 Å². The third-order valence-corrected chi connectivity index (χ3v) is 4.11. The molecule has 0 bridgehead atoms. The minimum atomic E-state index is -0.0596. The zero-order chi connectivity index (χ0) is 18.6. The van der Waals surface area contributed by atoms with E-state index < -0.39 is 0 Å². The van der Waals surface area contributed by atoms with Gasteiger partial charge in [0, 0.05) is 11.1 Å². The topological polar surface area (TPSA) is 52.6 Å². The zero-order valence-electron chi connectivity index (χ0n) is 15.4. The first kappa shape index (κ1) is 18.7. The van der Waals surface area contributed by atoms with E-state index >= 15 is 0 Å². The van der Waals surface area contributed by atoms with Gasteiger partial charge < -0.3 is 9.47 Å². The van der Waals surface area contributed by atoms with Crippen LogP contribution in [0.2, 0.25) is 0 Å². The normalized spacial score (nSPS) is 10.4. The number of Topliss-reactive ketones (excluding diaryl/α,β-unsaturated/α-hetero) is 2. The van der Waals surface area contributed by atoms with Gasteiger partial charge in [-0.2, -0.15) is 0 Å². The van der Waals surface area contributed by atoms with Crippen LogP contribution in [0.1, 0.15) is 42.3 Å². The van der Waals surface area contributed by atoms with E-state index in [0.29, 0.717) is 11.5 Å². The van der Waals surface area contributed by atoms with Gasteiger partial charge in [-0.3, -0.25) is 9.59 Å². The summed E-state index contributed by atoms with van der Waals surface area (Å²) >= 11 is 0. The number of carbonyl (C=O) groups excluding carboxylic acids is 2. The molecule has 0 amide bonds. The Labute approximate surface area is 148 Å². The summed E-state index contributed by atoms with van der Waals surface area (Å²) in [6.45, 7) is 7.00. The van der Waals surface area contributed by atoms with Crippen LogP contribution in [0.5, 0.6) is 11.5 Å². The first-order chi connectivity index (χ1) is 11.9. The van der Waals surface area contributed by atoms with Crippen LogP contribution in [0.4, 0.5) is 0 Å². The van der Waals surface area contributed by atoms with E-state index in [-0.39, 0.29) is 18.2 Å². The van der Waals surface area contributed by atoms with Gasteiger partial charge in [-0.25, -0.2) is 0 Å². The summed E-state index contributed by atoms with van der Waals surface area (Å²) < 4.78 is 11.3. The maximum Gasteiger partial charge on any atom is 0.169 e. The lowest BCUT2D eigenvalue weighted by atomic mass is 9.95. The van der Waals surface area contributed by atoms with Gasteiger partial charge in [0.1, 0.15) is 6.61 Å². The Balaban J connectivity index is 2.61. The van der Waals surface area contributed by atoms with Gasteiger partial charge in [0.15, 0.2) is 23.1 Å². The second-order valence-electron chi connectivity index (χ2n) is 6.06. The highest BCUT2D eigenvalue weighted by molar-refractivity contribution is 5.96. The highest BCUT2D eigenvalue weighted by atomic mass is 16.5. The number of hydrogen-bond acceptors (Lipinski definition) is 4. The van der Waals surface area contributed by atoms with Crippen molar-refractivity contribution in [3.05, 3.63) is 47.0 Å². The van der Waals surface area contributed by atoms with Crippen molar-refractivity contribution < 1.29 is 19.1 Å². The monoisotopic (exact) mass is 340 g/mol. The quantitative estimate of drug-likeness (QED) is 0.701. The minimum absolute atomic E-state index is 0.0149. The molecule has 0 saturated heterocycles. The first-order valence-corrected chi connectivity index (χ1v) is 8.33. The van der Waals surface area contributed by atoms with Crippen molar-refractivity contribution in [2.75, 3.05) is 13.7 Å². The lowest BCUT2D eigenvalue weighted by molar-refractivity contribution is -0.118. The molecular formula is C21H24O4. The van der Waals surface area contributed by atoms with Crippen molar-refractivity contribution in [1.82, 2.24) is 0 Å². The average Bonchev–Trinajstić information content (AvgIpc) is 2.59. The molecule has 0 aliphatic carbocycles. The molecule has 2 rings (SSSR count). The molecule has 2 aromatic rings. The van der Waals surface area contributed by atoms with Crippen molar-refractivity contribution in [2.24, 2.45) is 0 Å². The molecule has 0 aromatic heterocycles. The number of methoxy groups -OCH3 is 1. The number of ether oxygens (including phenoxy) is 2. The van der Waals surface area contributed by atoms with Crippen LogP contribution < -0.4 is 9.47 Å². The van der Waals surface area contributed by atoms with Gasteiger partial charge in [-0.05, 0) is 43.9 Å². The van der Waals surface area contributed by atoms with E-state index in [9.17, 15) is 9.59 Å². The Morgan fingerprint density at radius 2 is 1.76 bits per heavy atom.